The number of ether oxygens (including phenoxy) is 1. The summed E-state index contributed by atoms with van der Waals surface area (Å²) >= 11 is 0. The zero-order valence-corrected chi connectivity index (χ0v) is 12.6. The van der Waals surface area contributed by atoms with Crippen molar-refractivity contribution in [2.24, 2.45) is 0 Å². The van der Waals surface area contributed by atoms with Gasteiger partial charge in [-0.25, -0.2) is 9.59 Å². The van der Waals surface area contributed by atoms with Crippen LogP contribution in [-0.4, -0.2) is 43.3 Å². The van der Waals surface area contributed by atoms with E-state index in [0.29, 0.717) is 18.8 Å². The molecule has 0 radical (unpaired) electrons. The summed E-state index contributed by atoms with van der Waals surface area (Å²) in [5.41, 5.74) is 1.38. The molecule has 114 valence electrons. The fourth-order valence-corrected chi connectivity index (χ4v) is 2.07. The van der Waals surface area contributed by atoms with Crippen LogP contribution in [-0.2, 0) is 4.74 Å². The topological polar surface area (TPSA) is 61.9 Å². The first kappa shape index (κ1) is 15.2. The summed E-state index contributed by atoms with van der Waals surface area (Å²) in [5, 5.41) is 2.84. The summed E-state index contributed by atoms with van der Waals surface area (Å²) in [7, 11) is 1.77. The van der Waals surface area contributed by atoms with Gasteiger partial charge < -0.3 is 15.0 Å². The third-order valence-corrected chi connectivity index (χ3v) is 3.74. The van der Waals surface area contributed by atoms with Crippen molar-refractivity contribution in [2.45, 2.75) is 26.3 Å². The van der Waals surface area contributed by atoms with E-state index in [9.17, 15) is 9.59 Å². The fraction of sp³-hybridized carbons (Fsp3) is 0.467. The summed E-state index contributed by atoms with van der Waals surface area (Å²) in [5.74, 6) is 0. The highest BCUT2D eigenvalue weighted by molar-refractivity contribution is 5.93. The quantitative estimate of drug-likeness (QED) is 0.927. The smallest absolute Gasteiger partial charge is 0.414 e. The number of benzene rings is 1. The molecule has 0 saturated carbocycles. The Morgan fingerprint density at radius 2 is 2.29 bits per heavy atom. The molecule has 1 aliphatic heterocycles. The van der Waals surface area contributed by atoms with Gasteiger partial charge in [-0.05, 0) is 31.5 Å². The lowest BCUT2D eigenvalue weighted by molar-refractivity contribution is 0.181. The van der Waals surface area contributed by atoms with E-state index < -0.39 is 0 Å². The largest absolute Gasteiger partial charge is 0.447 e. The second-order valence-corrected chi connectivity index (χ2v) is 5.11. The van der Waals surface area contributed by atoms with Crippen LogP contribution in [0, 0.1) is 0 Å². The van der Waals surface area contributed by atoms with Gasteiger partial charge in [0, 0.05) is 24.5 Å². The molecule has 0 spiro atoms. The van der Waals surface area contributed by atoms with Gasteiger partial charge in [0.1, 0.15) is 6.61 Å². The average molecular weight is 291 g/mol. The molecule has 1 aromatic carbocycles. The predicted octanol–water partition coefficient (Wildman–Crippen LogP) is 2.91. The highest BCUT2D eigenvalue weighted by atomic mass is 16.6. The van der Waals surface area contributed by atoms with Gasteiger partial charge >= 0.3 is 12.1 Å². The van der Waals surface area contributed by atoms with Gasteiger partial charge in [-0.1, -0.05) is 13.0 Å². The Kier molecular flexibility index (Phi) is 4.67. The number of nitrogens with one attached hydrogen (secondary N) is 1. The van der Waals surface area contributed by atoms with Crippen LogP contribution < -0.4 is 10.2 Å². The monoisotopic (exact) mass is 291 g/mol. The van der Waals surface area contributed by atoms with Crippen molar-refractivity contribution < 1.29 is 14.3 Å². The third kappa shape index (κ3) is 3.45. The summed E-state index contributed by atoms with van der Waals surface area (Å²) in [6.45, 7) is 4.96. The molecule has 0 bridgehead atoms. The van der Waals surface area contributed by atoms with E-state index in [-0.39, 0.29) is 18.2 Å². The van der Waals surface area contributed by atoms with Crippen molar-refractivity contribution in [3.05, 3.63) is 24.3 Å². The molecule has 1 saturated heterocycles. The molecule has 1 unspecified atom stereocenters. The first-order valence-corrected chi connectivity index (χ1v) is 7.11. The Balaban J connectivity index is 2.07. The number of hydrogen-bond acceptors (Lipinski definition) is 3. The van der Waals surface area contributed by atoms with Crippen LogP contribution in [0.1, 0.15) is 20.3 Å². The number of anilines is 2. The van der Waals surface area contributed by atoms with Crippen molar-refractivity contribution in [3.8, 4) is 0 Å². The Labute approximate surface area is 124 Å². The average Bonchev–Trinajstić information content (AvgIpc) is 2.92. The Hall–Kier alpha value is -2.24. The molecule has 1 aliphatic rings. The molecule has 0 aliphatic carbocycles. The van der Waals surface area contributed by atoms with Crippen LogP contribution in [0.15, 0.2) is 24.3 Å². The predicted molar refractivity (Wildman–Crippen MR) is 81.7 cm³/mol. The second kappa shape index (κ2) is 6.47. The van der Waals surface area contributed by atoms with Crippen LogP contribution >= 0.6 is 0 Å². The van der Waals surface area contributed by atoms with Gasteiger partial charge in [0.2, 0.25) is 0 Å². The molecule has 6 nitrogen and oxygen atoms in total. The minimum absolute atomic E-state index is 0.162. The van der Waals surface area contributed by atoms with Gasteiger partial charge in [0.25, 0.3) is 0 Å². The zero-order valence-electron chi connectivity index (χ0n) is 12.6. The summed E-state index contributed by atoms with van der Waals surface area (Å²) in [4.78, 5) is 26.9. The lowest BCUT2D eigenvalue weighted by Crippen LogP contribution is -2.37. The molecular weight excluding hydrogens is 270 g/mol. The molecule has 1 heterocycles. The van der Waals surface area contributed by atoms with E-state index in [4.69, 9.17) is 4.74 Å². The van der Waals surface area contributed by atoms with Gasteiger partial charge in [-0.2, -0.15) is 0 Å². The normalized spacial score (nSPS) is 15.6. The highest BCUT2D eigenvalue weighted by Crippen LogP contribution is 2.22. The Bertz CT molecular complexity index is 533. The Morgan fingerprint density at radius 1 is 1.52 bits per heavy atom. The number of rotatable bonds is 4. The number of nitrogens with zero attached hydrogens (tertiary/aromatic N) is 2. The van der Waals surface area contributed by atoms with Crippen LogP contribution in [0.4, 0.5) is 21.0 Å². The maximum absolute atomic E-state index is 12.1. The van der Waals surface area contributed by atoms with Crippen molar-refractivity contribution in [1.29, 1.82) is 0 Å². The maximum Gasteiger partial charge on any atom is 0.414 e. The van der Waals surface area contributed by atoms with E-state index in [1.54, 1.807) is 35.0 Å². The molecular formula is C15H21N3O3. The lowest BCUT2D eigenvalue weighted by Gasteiger charge is -2.24. The lowest BCUT2D eigenvalue weighted by atomic mass is 10.2. The summed E-state index contributed by atoms with van der Waals surface area (Å²) in [6.07, 6.45) is 0.541. The van der Waals surface area contributed by atoms with E-state index >= 15 is 0 Å². The minimum atomic E-state index is -0.352. The van der Waals surface area contributed by atoms with Gasteiger partial charge in [0.05, 0.1) is 6.54 Å². The SMILES string of the molecule is CCC(C)N(C)C(=O)Nc1cccc(N2CCOC2=O)c1. The van der Waals surface area contributed by atoms with Crippen molar-refractivity contribution >= 4 is 23.5 Å². The van der Waals surface area contributed by atoms with Crippen molar-refractivity contribution in [1.82, 2.24) is 4.90 Å². The molecule has 1 N–H and O–H groups in total. The molecule has 1 atom stereocenters. The second-order valence-electron chi connectivity index (χ2n) is 5.11. The number of carbonyl (C=O) groups is 2. The van der Waals surface area contributed by atoms with Gasteiger partial charge in [-0.15, -0.1) is 0 Å². The third-order valence-electron chi connectivity index (χ3n) is 3.74. The Morgan fingerprint density at radius 3 is 2.90 bits per heavy atom. The fourth-order valence-electron chi connectivity index (χ4n) is 2.07. The molecule has 1 fully saturated rings. The van der Waals surface area contributed by atoms with Crippen LogP contribution in [0.2, 0.25) is 0 Å². The molecule has 6 heteroatoms. The van der Waals surface area contributed by atoms with E-state index in [1.165, 1.54) is 0 Å². The maximum atomic E-state index is 12.1. The van der Waals surface area contributed by atoms with Crippen LogP contribution in [0.5, 0.6) is 0 Å². The zero-order chi connectivity index (χ0) is 15.4. The molecule has 3 amide bonds. The first-order valence-electron chi connectivity index (χ1n) is 7.11. The van der Waals surface area contributed by atoms with Gasteiger partial charge in [-0.3, -0.25) is 4.90 Å². The molecule has 0 aromatic heterocycles. The van der Waals surface area contributed by atoms with Crippen molar-refractivity contribution in [2.75, 3.05) is 30.4 Å². The number of carbonyl (C=O) groups excluding carboxylic acids is 2. The van der Waals surface area contributed by atoms with E-state index in [1.807, 2.05) is 19.9 Å². The van der Waals surface area contributed by atoms with E-state index in [2.05, 4.69) is 5.32 Å². The summed E-state index contributed by atoms with van der Waals surface area (Å²) in [6, 6.07) is 7.20. The van der Waals surface area contributed by atoms with Crippen molar-refractivity contribution in [3.63, 3.8) is 0 Å². The number of urea groups is 1. The van der Waals surface area contributed by atoms with Crippen LogP contribution in [0.25, 0.3) is 0 Å². The minimum Gasteiger partial charge on any atom is -0.447 e. The van der Waals surface area contributed by atoms with E-state index in [0.717, 1.165) is 12.1 Å². The standard InChI is InChI=1S/C15H21N3O3/c1-4-11(2)17(3)14(19)16-12-6-5-7-13(10-12)18-8-9-21-15(18)20/h5-7,10-11H,4,8-9H2,1-3H3,(H,16,19). The number of hydrogen-bond donors (Lipinski definition) is 1. The number of amides is 3. The summed E-state index contributed by atoms with van der Waals surface area (Å²) < 4.78 is 4.92. The molecule has 1 aromatic rings. The molecule has 21 heavy (non-hydrogen) atoms. The first-order chi connectivity index (χ1) is 10.0. The number of cyclic esters (lactones) is 1. The van der Waals surface area contributed by atoms with Crippen LogP contribution in [0.3, 0.4) is 0 Å². The highest BCUT2D eigenvalue weighted by Gasteiger charge is 2.23. The van der Waals surface area contributed by atoms with Gasteiger partial charge in [0.15, 0.2) is 0 Å². The molecule has 2 rings (SSSR count).